The third kappa shape index (κ3) is 4.31. The first-order chi connectivity index (χ1) is 10.0. The lowest BCUT2D eigenvalue weighted by atomic mass is 9.92. The molecule has 2 heteroatoms. The quantitative estimate of drug-likeness (QED) is 0.807. The van der Waals surface area contributed by atoms with E-state index in [4.69, 9.17) is 0 Å². The summed E-state index contributed by atoms with van der Waals surface area (Å²) in [5.74, 6) is 0.710. The lowest BCUT2D eigenvalue weighted by molar-refractivity contribution is 0.147. The highest BCUT2D eigenvalue weighted by molar-refractivity contribution is 5.19. The van der Waals surface area contributed by atoms with Gasteiger partial charge < -0.3 is 10.2 Å². The van der Waals surface area contributed by atoms with Gasteiger partial charge in [0.05, 0.1) is 0 Å². The maximum absolute atomic E-state index is 3.89. The van der Waals surface area contributed by atoms with Crippen LogP contribution in [0.3, 0.4) is 0 Å². The Kier molecular flexibility index (Phi) is 5.83. The SMILES string of the molecule is CC(C)CC(NCC1(N(C)C)CCCC1)c1ccccc1. The Hall–Kier alpha value is -0.860. The molecule has 0 saturated heterocycles. The summed E-state index contributed by atoms with van der Waals surface area (Å²) in [7, 11) is 4.49. The molecule has 21 heavy (non-hydrogen) atoms. The molecule has 0 amide bonds. The molecule has 1 aliphatic rings. The predicted molar refractivity (Wildman–Crippen MR) is 91.5 cm³/mol. The van der Waals surface area contributed by atoms with Gasteiger partial charge in [-0.05, 0) is 44.8 Å². The van der Waals surface area contributed by atoms with Crippen molar-refractivity contribution in [1.82, 2.24) is 10.2 Å². The van der Waals surface area contributed by atoms with Crippen LogP contribution in [-0.2, 0) is 0 Å². The van der Waals surface area contributed by atoms with E-state index in [-0.39, 0.29) is 0 Å². The van der Waals surface area contributed by atoms with Crippen molar-refractivity contribution >= 4 is 0 Å². The molecule has 1 atom stereocenters. The van der Waals surface area contributed by atoms with E-state index in [1.807, 2.05) is 0 Å². The molecule has 0 bridgehead atoms. The maximum atomic E-state index is 3.89. The van der Waals surface area contributed by atoms with Crippen molar-refractivity contribution in [3.05, 3.63) is 35.9 Å². The third-order valence-corrected chi connectivity index (χ3v) is 5.07. The van der Waals surface area contributed by atoms with Gasteiger partial charge in [0, 0.05) is 18.1 Å². The second-order valence-corrected chi connectivity index (χ2v) is 7.30. The number of hydrogen-bond donors (Lipinski definition) is 1. The Balaban J connectivity index is 2.05. The molecule has 0 aliphatic heterocycles. The highest BCUT2D eigenvalue weighted by Gasteiger charge is 2.36. The van der Waals surface area contributed by atoms with Gasteiger partial charge >= 0.3 is 0 Å². The van der Waals surface area contributed by atoms with E-state index in [1.54, 1.807) is 0 Å². The fourth-order valence-electron chi connectivity index (χ4n) is 3.62. The largest absolute Gasteiger partial charge is 0.308 e. The maximum Gasteiger partial charge on any atom is 0.0328 e. The van der Waals surface area contributed by atoms with E-state index in [9.17, 15) is 0 Å². The summed E-state index contributed by atoms with van der Waals surface area (Å²) in [5.41, 5.74) is 1.79. The molecule has 1 N–H and O–H groups in total. The molecule has 2 nitrogen and oxygen atoms in total. The molecule has 2 rings (SSSR count). The van der Waals surface area contributed by atoms with Gasteiger partial charge in [0.2, 0.25) is 0 Å². The van der Waals surface area contributed by atoms with Gasteiger partial charge in [-0.15, -0.1) is 0 Å². The molecule has 1 aliphatic carbocycles. The molecular weight excluding hydrogens is 256 g/mol. The molecule has 0 radical (unpaired) electrons. The topological polar surface area (TPSA) is 15.3 Å². The van der Waals surface area contributed by atoms with Crippen LogP contribution < -0.4 is 5.32 Å². The van der Waals surface area contributed by atoms with Crippen LogP contribution in [0.5, 0.6) is 0 Å². The van der Waals surface area contributed by atoms with Gasteiger partial charge in [-0.2, -0.15) is 0 Å². The molecule has 1 unspecified atom stereocenters. The van der Waals surface area contributed by atoms with Crippen molar-refractivity contribution in [3.63, 3.8) is 0 Å². The average molecular weight is 288 g/mol. The zero-order valence-corrected chi connectivity index (χ0v) is 14.2. The Bertz CT molecular complexity index is 405. The smallest absolute Gasteiger partial charge is 0.0328 e. The number of hydrogen-bond acceptors (Lipinski definition) is 2. The van der Waals surface area contributed by atoms with Crippen LogP contribution in [0.25, 0.3) is 0 Å². The fraction of sp³-hybridized carbons (Fsp3) is 0.684. The fourth-order valence-corrected chi connectivity index (χ4v) is 3.62. The lowest BCUT2D eigenvalue weighted by Crippen LogP contribution is -2.50. The standard InChI is InChI=1S/C19H32N2/c1-16(2)14-18(17-10-6-5-7-11-17)20-15-19(21(3)4)12-8-9-13-19/h5-7,10-11,16,18,20H,8-9,12-15H2,1-4H3. The van der Waals surface area contributed by atoms with Gasteiger partial charge in [0.25, 0.3) is 0 Å². The molecule has 1 aromatic rings. The van der Waals surface area contributed by atoms with E-state index < -0.39 is 0 Å². The van der Waals surface area contributed by atoms with Crippen LogP contribution in [0.4, 0.5) is 0 Å². The van der Waals surface area contributed by atoms with E-state index in [0.717, 1.165) is 6.54 Å². The summed E-state index contributed by atoms with van der Waals surface area (Å²) >= 11 is 0. The summed E-state index contributed by atoms with van der Waals surface area (Å²) in [6.45, 7) is 5.73. The second-order valence-electron chi connectivity index (χ2n) is 7.30. The molecule has 0 aromatic heterocycles. The molecule has 1 saturated carbocycles. The van der Waals surface area contributed by atoms with Gasteiger partial charge in [0.1, 0.15) is 0 Å². The summed E-state index contributed by atoms with van der Waals surface area (Å²) in [6, 6.07) is 11.4. The molecule has 0 heterocycles. The minimum absolute atomic E-state index is 0.365. The molecule has 1 fully saturated rings. The van der Waals surface area contributed by atoms with E-state index in [0.29, 0.717) is 17.5 Å². The monoisotopic (exact) mass is 288 g/mol. The van der Waals surface area contributed by atoms with Gasteiger partial charge in [-0.25, -0.2) is 0 Å². The van der Waals surface area contributed by atoms with Crippen molar-refractivity contribution in [2.24, 2.45) is 5.92 Å². The van der Waals surface area contributed by atoms with Crippen molar-refractivity contribution < 1.29 is 0 Å². The summed E-state index contributed by atoms with van der Waals surface area (Å²) in [5, 5.41) is 3.89. The first-order valence-corrected chi connectivity index (χ1v) is 8.49. The van der Waals surface area contributed by atoms with Crippen LogP contribution in [-0.4, -0.2) is 31.1 Å². The van der Waals surface area contributed by atoms with Crippen molar-refractivity contribution in [2.75, 3.05) is 20.6 Å². The van der Waals surface area contributed by atoms with Crippen LogP contribution in [0.2, 0.25) is 0 Å². The Morgan fingerprint density at radius 2 is 1.71 bits per heavy atom. The summed E-state index contributed by atoms with van der Waals surface area (Å²) in [4.78, 5) is 2.45. The number of likely N-dealkylation sites (N-methyl/N-ethyl adjacent to an activating group) is 1. The van der Waals surface area contributed by atoms with E-state index >= 15 is 0 Å². The molecule has 0 spiro atoms. The number of benzene rings is 1. The lowest BCUT2D eigenvalue weighted by Gasteiger charge is -2.38. The Morgan fingerprint density at radius 3 is 2.24 bits per heavy atom. The number of rotatable bonds is 7. The second kappa shape index (κ2) is 7.42. The van der Waals surface area contributed by atoms with E-state index in [1.165, 1.54) is 37.7 Å². The minimum atomic E-state index is 0.365. The Labute approximate surface area is 130 Å². The van der Waals surface area contributed by atoms with Crippen molar-refractivity contribution in [3.8, 4) is 0 Å². The summed E-state index contributed by atoms with van der Waals surface area (Å²) in [6.07, 6.45) is 6.61. The normalized spacial score (nSPS) is 19.3. The first-order valence-electron chi connectivity index (χ1n) is 8.49. The van der Waals surface area contributed by atoms with Crippen LogP contribution in [0.1, 0.15) is 57.6 Å². The van der Waals surface area contributed by atoms with E-state index in [2.05, 4.69) is 68.5 Å². The highest BCUT2D eigenvalue weighted by Crippen LogP contribution is 2.34. The zero-order chi connectivity index (χ0) is 15.3. The van der Waals surface area contributed by atoms with Gasteiger partial charge in [0.15, 0.2) is 0 Å². The Morgan fingerprint density at radius 1 is 1.10 bits per heavy atom. The van der Waals surface area contributed by atoms with Crippen LogP contribution >= 0.6 is 0 Å². The minimum Gasteiger partial charge on any atom is -0.308 e. The zero-order valence-electron chi connectivity index (χ0n) is 14.2. The van der Waals surface area contributed by atoms with Crippen LogP contribution in [0.15, 0.2) is 30.3 Å². The summed E-state index contributed by atoms with van der Waals surface area (Å²) < 4.78 is 0. The molecule has 118 valence electrons. The number of nitrogens with zero attached hydrogens (tertiary/aromatic N) is 1. The van der Waals surface area contributed by atoms with Crippen molar-refractivity contribution in [1.29, 1.82) is 0 Å². The van der Waals surface area contributed by atoms with Crippen molar-refractivity contribution in [2.45, 2.75) is 57.5 Å². The predicted octanol–water partition coefficient (Wildman–Crippen LogP) is 4.24. The number of nitrogens with one attached hydrogen (secondary N) is 1. The first kappa shape index (κ1) is 16.5. The molecule has 1 aromatic carbocycles. The highest BCUT2D eigenvalue weighted by atomic mass is 15.2. The van der Waals surface area contributed by atoms with Gasteiger partial charge in [-0.3, -0.25) is 0 Å². The molecular formula is C19H32N2. The third-order valence-electron chi connectivity index (χ3n) is 5.07. The average Bonchev–Trinajstić information content (AvgIpc) is 2.94. The van der Waals surface area contributed by atoms with Crippen LogP contribution in [0, 0.1) is 5.92 Å². The van der Waals surface area contributed by atoms with Gasteiger partial charge in [-0.1, -0.05) is 57.0 Å².